The maximum atomic E-state index is 11.6. The van der Waals surface area contributed by atoms with Crippen LogP contribution in [0.15, 0.2) is 4.52 Å². The summed E-state index contributed by atoms with van der Waals surface area (Å²) in [5, 5.41) is 7.04. The van der Waals surface area contributed by atoms with Crippen molar-refractivity contribution in [2.45, 2.75) is 50.3 Å². The van der Waals surface area contributed by atoms with Gasteiger partial charge in [-0.3, -0.25) is 0 Å². The maximum Gasteiger partial charge on any atom is 0.223 e. The van der Waals surface area contributed by atoms with Crippen LogP contribution in [0.2, 0.25) is 0 Å². The lowest BCUT2D eigenvalue weighted by molar-refractivity contribution is 0.368. The predicted molar refractivity (Wildman–Crippen MR) is 71.6 cm³/mol. The Morgan fingerprint density at radius 3 is 2.84 bits per heavy atom. The van der Waals surface area contributed by atoms with Crippen LogP contribution in [0.1, 0.15) is 37.4 Å². The van der Waals surface area contributed by atoms with Crippen LogP contribution in [-0.2, 0) is 16.3 Å². The van der Waals surface area contributed by atoms with Gasteiger partial charge in [-0.05, 0) is 19.3 Å². The molecule has 1 fully saturated rings. The molecule has 1 saturated carbocycles. The van der Waals surface area contributed by atoms with Crippen molar-refractivity contribution in [2.24, 2.45) is 0 Å². The van der Waals surface area contributed by atoms with Gasteiger partial charge in [0.05, 0.1) is 5.25 Å². The Labute approximate surface area is 113 Å². The summed E-state index contributed by atoms with van der Waals surface area (Å²) in [6, 6.07) is 0.279. The lowest BCUT2D eigenvalue weighted by Crippen LogP contribution is -2.39. The second-order valence-electron chi connectivity index (χ2n) is 5.25. The van der Waals surface area contributed by atoms with E-state index >= 15 is 0 Å². The highest BCUT2D eigenvalue weighted by molar-refractivity contribution is 7.91. The first kappa shape index (κ1) is 14.5. The molecule has 0 amide bonds. The summed E-state index contributed by atoms with van der Waals surface area (Å²) in [6.45, 7) is 2.52. The van der Waals surface area contributed by atoms with Crippen LogP contribution in [0.25, 0.3) is 0 Å². The Morgan fingerprint density at radius 1 is 1.42 bits per heavy atom. The molecule has 0 aliphatic heterocycles. The number of aromatic nitrogens is 2. The van der Waals surface area contributed by atoms with E-state index < -0.39 is 9.84 Å². The Hall–Kier alpha value is -0.950. The zero-order chi connectivity index (χ0) is 13.9. The molecular weight excluding hydrogens is 266 g/mol. The van der Waals surface area contributed by atoms with E-state index in [0.717, 1.165) is 25.8 Å². The van der Waals surface area contributed by atoms with Crippen LogP contribution in [0.5, 0.6) is 0 Å². The van der Waals surface area contributed by atoms with Gasteiger partial charge in [-0.2, -0.15) is 4.98 Å². The van der Waals surface area contributed by atoms with Crippen LogP contribution in [0.3, 0.4) is 0 Å². The minimum Gasteiger partial charge on any atom is -0.340 e. The monoisotopic (exact) mass is 287 g/mol. The zero-order valence-electron chi connectivity index (χ0n) is 11.4. The first-order chi connectivity index (χ1) is 8.95. The standard InChI is InChI=1S/C12H21N3O3S/c1-9-14-12(15-18-9)6-7-13-10-4-3-5-11(8-10)19(2,16)17/h10-11,13H,3-8H2,1-2H3. The quantitative estimate of drug-likeness (QED) is 0.865. The van der Waals surface area contributed by atoms with E-state index in [1.165, 1.54) is 6.26 Å². The summed E-state index contributed by atoms with van der Waals surface area (Å²) in [5.41, 5.74) is 0. The van der Waals surface area contributed by atoms with Crippen molar-refractivity contribution in [2.75, 3.05) is 12.8 Å². The molecule has 0 spiro atoms. The van der Waals surface area contributed by atoms with E-state index in [9.17, 15) is 8.42 Å². The second-order valence-corrected chi connectivity index (χ2v) is 7.57. The summed E-state index contributed by atoms with van der Waals surface area (Å²) in [4.78, 5) is 4.13. The van der Waals surface area contributed by atoms with E-state index in [2.05, 4.69) is 15.5 Å². The first-order valence-corrected chi connectivity index (χ1v) is 8.62. The molecule has 0 bridgehead atoms. The molecular formula is C12H21N3O3S. The summed E-state index contributed by atoms with van der Waals surface area (Å²) in [5.74, 6) is 1.27. The number of nitrogens with zero attached hydrogens (tertiary/aromatic N) is 2. The van der Waals surface area contributed by atoms with Crippen LogP contribution < -0.4 is 5.32 Å². The minimum absolute atomic E-state index is 0.189. The molecule has 7 heteroatoms. The molecule has 1 heterocycles. The molecule has 1 aliphatic rings. The summed E-state index contributed by atoms with van der Waals surface area (Å²) in [6.07, 6.45) is 5.55. The fourth-order valence-corrected chi connectivity index (χ4v) is 3.73. The van der Waals surface area contributed by atoms with Gasteiger partial charge in [0.2, 0.25) is 5.89 Å². The van der Waals surface area contributed by atoms with Crippen molar-refractivity contribution in [3.8, 4) is 0 Å². The predicted octanol–water partition coefficient (Wildman–Crippen LogP) is 0.866. The fraction of sp³-hybridized carbons (Fsp3) is 0.833. The van der Waals surface area contributed by atoms with Crippen LogP contribution in [0, 0.1) is 6.92 Å². The third kappa shape index (κ3) is 4.28. The number of sulfone groups is 1. The van der Waals surface area contributed by atoms with E-state index in [1.54, 1.807) is 6.92 Å². The Morgan fingerprint density at radius 2 is 2.21 bits per heavy atom. The maximum absolute atomic E-state index is 11.6. The number of rotatable bonds is 5. The Kier molecular flexibility index (Phi) is 4.57. The topological polar surface area (TPSA) is 85.1 Å². The Bertz CT molecular complexity index is 512. The molecule has 0 aromatic carbocycles. The van der Waals surface area contributed by atoms with Gasteiger partial charge in [0, 0.05) is 32.2 Å². The van der Waals surface area contributed by atoms with Crippen molar-refractivity contribution >= 4 is 9.84 Å². The van der Waals surface area contributed by atoms with Gasteiger partial charge < -0.3 is 9.84 Å². The smallest absolute Gasteiger partial charge is 0.223 e. The van der Waals surface area contributed by atoms with Crippen LogP contribution in [0.4, 0.5) is 0 Å². The summed E-state index contributed by atoms with van der Waals surface area (Å²) < 4.78 is 28.0. The lowest BCUT2D eigenvalue weighted by Gasteiger charge is -2.28. The van der Waals surface area contributed by atoms with Crippen molar-refractivity contribution in [1.29, 1.82) is 0 Å². The minimum atomic E-state index is -2.91. The molecule has 1 aromatic rings. The van der Waals surface area contributed by atoms with E-state index in [0.29, 0.717) is 24.6 Å². The largest absolute Gasteiger partial charge is 0.340 e. The SMILES string of the molecule is Cc1nc(CCNC2CCCC(S(C)(=O)=O)C2)no1. The molecule has 2 rings (SSSR count). The molecule has 1 N–H and O–H groups in total. The second kappa shape index (κ2) is 6.00. The average molecular weight is 287 g/mol. The molecule has 1 aliphatic carbocycles. The normalized spacial score (nSPS) is 24.5. The van der Waals surface area contributed by atoms with Crippen molar-refractivity contribution in [1.82, 2.24) is 15.5 Å². The molecule has 108 valence electrons. The van der Waals surface area contributed by atoms with Crippen molar-refractivity contribution in [3.63, 3.8) is 0 Å². The van der Waals surface area contributed by atoms with Gasteiger partial charge in [-0.15, -0.1) is 0 Å². The zero-order valence-corrected chi connectivity index (χ0v) is 12.2. The average Bonchev–Trinajstić information content (AvgIpc) is 2.74. The molecule has 0 radical (unpaired) electrons. The summed E-state index contributed by atoms with van der Waals surface area (Å²) >= 11 is 0. The highest BCUT2D eigenvalue weighted by Gasteiger charge is 2.28. The number of hydrogen-bond donors (Lipinski definition) is 1. The van der Waals surface area contributed by atoms with Gasteiger partial charge in [0.25, 0.3) is 0 Å². The molecule has 0 saturated heterocycles. The molecule has 19 heavy (non-hydrogen) atoms. The Balaban J connectivity index is 1.77. The van der Waals surface area contributed by atoms with E-state index in [4.69, 9.17) is 4.52 Å². The third-order valence-electron chi connectivity index (χ3n) is 3.58. The van der Waals surface area contributed by atoms with Gasteiger partial charge in [-0.25, -0.2) is 8.42 Å². The highest BCUT2D eigenvalue weighted by Crippen LogP contribution is 2.23. The number of aryl methyl sites for hydroxylation is 1. The third-order valence-corrected chi connectivity index (χ3v) is 5.22. The van der Waals surface area contributed by atoms with Gasteiger partial charge in [-0.1, -0.05) is 11.6 Å². The van der Waals surface area contributed by atoms with Gasteiger partial charge >= 0.3 is 0 Å². The van der Waals surface area contributed by atoms with Crippen LogP contribution >= 0.6 is 0 Å². The molecule has 6 nitrogen and oxygen atoms in total. The fourth-order valence-electron chi connectivity index (χ4n) is 2.55. The molecule has 1 aromatic heterocycles. The molecule has 2 atom stereocenters. The van der Waals surface area contributed by atoms with Crippen molar-refractivity contribution in [3.05, 3.63) is 11.7 Å². The highest BCUT2D eigenvalue weighted by atomic mass is 32.2. The van der Waals surface area contributed by atoms with Gasteiger partial charge in [0.15, 0.2) is 5.82 Å². The lowest BCUT2D eigenvalue weighted by atomic mass is 9.95. The number of hydrogen-bond acceptors (Lipinski definition) is 6. The first-order valence-electron chi connectivity index (χ1n) is 6.66. The molecule has 2 unspecified atom stereocenters. The van der Waals surface area contributed by atoms with Crippen molar-refractivity contribution < 1.29 is 12.9 Å². The van der Waals surface area contributed by atoms with E-state index in [-0.39, 0.29) is 11.3 Å². The van der Waals surface area contributed by atoms with E-state index in [1.807, 2.05) is 0 Å². The summed E-state index contributed by atoms with van der Waals surface area (Å²) in [7, 11) is -2.91. The van der Waals surface area contributed by atoms with Gasteiger partial charge in [0.1, 0.15) is 9.84 Å². The van der Waals surface area contributed by atoms with Crippen LogP contribution in [-0.4, -0.2) is 42.7 Å². The number of nitrogens with one attached hydrogen (secondary N) is 1.